The molecule has 1 aliphatic carbocycles. The molecule has 2 rings (SSSR count). The maximum Gasteiger partial charge on any atom is 0.330 e. The first-order valence-electron chi connectivity index (χ1n) is 5.74. The third kappa shape index (κ3) is 2.22. The third-order valence-corrected chi connectivity index (χ3v) is 3.16. The molecule has 96 valence electrons. The number of nitrogens with one attached hydrogen (secondary N) is 1. The topological polar surface area (TPSA) is 75.6 Å². The van der Waals surface area contributed by atoms with E-state index in [-0.39, 0.29) is 11.8 Å². The Balaban J connectivity index is 2.00. The van der Waals surface area contributed by atoms with Crippen LogP contribution in [0.2, 0.25) is 0 Å². The second-order valence-corrected chi connectivity index (χ2v) is 4.22. The molecule has 0 saturated heterocycles. The van der Waals surface area contributed by atoms with Gasteiger partial charge in [-0.05, 0) is 17.5 Å². The number of aliphatic hydroxyl groups excluding tert-OH is 1. The molecule has 0 radical (unpaired) electrons. The quantitative estimate of drug-likeness (QED) is 0.735. The summed E-state index contributed by atoms with van der Waals surface area (Å²) in [5.41, 5.74) is 2.13. The second kappa shape index (κ2) is 5.18. The molecule has 5 heteroatoms. The summed E-state index contributed by atoms with van der Waals surface area (Å²) < 4.78 is 4.49. The highest BCUT2D eigenvalue weighted by molar-refractivity contribution is 5.90. The summed E-state index contributed by atoms with van der Waals surface area (Å²) in [7, 11) is 1.22. The van der Waals surface area contributed by atoms with Crippen molar-refractivity contribution in [2.75, 3.05) is 13.7 Å². The summed E-state index contributed by atoms with van der Waals surface area (Å²) in [6, 6.07) is 6.69. The van der Waals surface area contributed by atoms with Gasteiger partial charge in [-0.3, -0.25) is 4.79 Å². The van der Waals surface area contributed by atoms with Crippen molar-refractivity contribution in [2.24, 2.45) is 0 Å². The molecule has 0 fully saturated rings. The summed E-state index contributed by atoms with van der Waals surface area (Å²) >= 11 is 0. The van der Waals surface area contributed by atoms with E-state index in [1.165, 1.54) is 7.11 Å². The standard InChI is InChI=1S/C13H15NO4/c1-18-13(17)11(7-15)14-12(16)10-6-8-4-2-3-5-9(8)10/h2-5,10-11,15H,6-7H2,1H3,(H,14,16). The van der Waals surface area contributed by atoms with Crippen LogP contribution in [0.4, 0.5) is 0 Å². The number of ether oxygens (including phenoxy) is 1. The van der Waals surface area contributed by atoms with Crippen molar-refractivity contribution < 1.29 is 19.4 Å². The van der Waals surface area contributed by atoms with Crippen LogP contribution in [0.15, 0.2) is 24.3 Å². The number of methoxy groups -OCH3 is 1. The minimum Gasteiger partial charge on any atom is -0.467 e. The lowest BCUT2D eigenvalue weighted by Crippen LogP contribution is -2.47. The zero-order valence-corrected chi connectivity index (χ0v) is 10.1. The van der Waals surface area contributed by atoms with E-state index in [2.05, 4.69) is 10.1 Å². The van der Waals surface area contributed by atoms with Crippen LogP contribution in [0.3, 0.4) is 0 Å². The van der Waals surface area contributed by atoms with Crippen molar-refractivity contribution in [1.29, 1.82) is 0 Å². The molecule has 0 aliphatic heterocycles. The molecule has 0 heterocycles. The summed E-state index contributed by atoms with van der Waals surface area (Å²) in [5.74, 6) is -1.13. The molecule has 5 nitrogen and oxygen atoms in total. The van der Waals surface area contributed by atoms with Gasteiger partial charge in [0.05, 0.1) is 19.6 Å². The largest absolute Gasteiger partial charge is 0.467 e. The van der Waals surface area contributed by atoms with E-state index in [0.29, 0.717) is 6.42 Å². The van der Waals surface area contributed by atoms with Gasteiger partial charge in [0, 0.05) is 0 Å². The fourth-order valence-electron chi connectivity index (χ4n) is 2.09. The number of esters is 1. The molecule has 0 aromatic heterocycles. The molecule has 0 spiro atoms. The molecule has 0 saturated carbocycles. The number of hydrogen-bond donors (Lipinski definition) is 2. The van der Waals surface area contributed by atoms with E-state index in [1.807, 2.05) is 24.3 Å². The lowest BCUT2D eigenvalue weighted by atomic mass is 9.77. The van der Waals surface area contributed by atoms with Gasteiger partial charge in [-0.1, -0.05) is 24.3 Å². The molecule has 1 amide bonds. The number of hydrogen-bond acceptors (Lipinski definition) is 4. The Morgan fingerprint density at radius 2 is 2.22 bits per heavy atom. The highest BCUT2D eigenvalue weighted by Gasteiger charge is 2.33. The van der Waals surface area contributed by atoms with Crippen LogP contribution in [0.5, 0.6) is 0 Å². The third-order valence-electron chi connectivity index (χ3n) is 3.16. The average Bonchev–Trinajstić information content (AvgIpc) is 2.36. The summed E-state index contributed by atoms with van der Waals surface area (Å²) in [5, 5.41) is 11.5. The smallest absolute Gasteiger partial charge is 0.330 e. The van der Waals surface area contributed by atoms with Gasteiger partial charge in [0.15, 0.2) is 6.04 Å². The lowest BCUT2D eigenvalue weighted by molar-refractivity contribution is -0.146. The first-order valence-corrected chi connectivity index (χ1v) is 5.74. The highest BCUT2D eigenvalue weighted by atomic mass is 16.5. The van der Waals surface area contributed by atoms with Gasteiger partial charge in [-0.15, -0.1) is 0 Å². The van der Waals surface area contributed by atoms with E-state index in [1.54, 1.807) is 0 Å². The molecule has 1 aromatic carbocycles. The maximum atomic E-state index is 11.9. The van der Waals surface area contributed by atoms with Gasteiger partial charge in [-0.25, -0.2) is 4.79 Å². The van der Waals surface area contributed by atoms with Crippen LogP contribution in [-0.2, 0) is 20.7 Å². The van der Waals surface area contributed by atoms with Gasteiger partial charge < -0.3 is 15.2 Å². The number of aliphatic hydroxyl groups is 1. The Bertz CT molecular complexity index is 472. The van der Waals surface area contributed by atoms with Gasteiger partial charge in [0.2, 0.25) is 5.91 Å². The Morgan fingerprint density at radius 3 is 2.83 bits per heavy atom. The number of rotatable bonds is 4. The Morgan fingerprint density at radius 1 is 1.50 bits per heavy atom. The maximum absolute atomic E-state index is 11.9. The van der Waals surface area contributed by atoms with Crippen molar-refractivity contribution in [3.63, 3.8) is 0 Å². The fraction of sp³-hybridized carbons (Fsp3) is 0.385. The minimum absolute atomic E-state index is 0.236. The van der Waals surface area contributed by atoms with Crippen molar-refractivity contribution >= 4 is 11.9 Å². The summed E-state index contributed by atoms with van der Waals surface area (Å²) in [6.07, 6.45) is 0.668. The van der Waals surface area contributed by atoms with E-state index in [9.17, 15) is 9.59 Å². The summed E-state index contributed by atoms with van der Waals surface area (Å²) in [4.78, 5) is 23.2. The first kappa shape index (κ1) is 12.6. The van der Waals surface area contributed by atoms with Gasteiger partial charge in [0.25, 0.3) is 0 Å². The molecule has 1 aromatic rings. The number of carbonyl (C=O) groups is 2. The van der Waals surface area contributed by atoms with E-state index >= 15 is 0 Å². The SMILES string of the molecule is COC(=O)C(CO)NC(=O)C1Cc2ccccc21. The average molecular weight is 249 g/mol. The van der Waals surface area contributed by atoms with Crippen LogP contribution in [-0.4, -0.2) is 36.7 Å². The molecule has 2 N–H and O–H groups in total. The molecule has 1 aliphatic rings. The number of carbonyl (C=O) groups excluding carboxylic acids is 2. The van der Waals surface area contributed by atoms with Gasteiger partial charge in [0.1, 0.15) is 0 Å². The Labute approximate surface area is 105 Å². The van der Waals surface area contributed by atoms with Crippen molar-refractivity contribution in [3.8, 4) is 0 Å². The molecule has 2 atom stereocenters. The van der Waals surface area contributed by atoms with Gasteiger partial charge in [-0.2, -0.15) is 0 Å². The van der Waals surface area contributed by atoms with E-state index < -0.39 is 18.6 Å². The van der Waals surface area contributed by atoms with Crippen molar-refractivity contribution in [2.45, 2.75) is 18.4 Å². The number of benzene rings is 1. The van der Waals surface area contributed by atoms with Crippen LogP contribution in [0, 0.1) is 0 Å². The monoisotopic (exact) mass is 249 g/mol. The lowest BCUT2D eigenvalue weighted by Gasteiger charge is -2.29. The van der Waals surface area contributed by atoms with Crippen molar-refractivity contribution in [1.82, 2.24) is 5.32 Å². The van der Waals surface area contributed by atoms with Crippen LogP contribution in [0.1, 0.15) is 17.0 Å². The predicted molar refractivity (Wildman–Crippen MR) is 63.9 cm³/mol. The zero-order valence-electron chi connectivity index (χ0n) is 10.1. The number of fused-ring (bicyclic) bond motifs is 1. The van der Waals surface area contributed by atoms with Gasteiger partial charge >= 0.3 is 5.97 Å². The number of amides is 1. The minimum atomic E-state index is -0.990. The fourth-order valence-corrected chi connectivity index (χ4v) is 2.09. The predicted octanol–water partition coefficient (Wildman–Crippen LogP) is -0.0236. The molecular formula is C13H15NO4. The normalized spacial score (nSPS) is 18.2. The molecule has 2 unspecified atom stereocenters. The Hall–Kier alpha value is -1.88. The van der Waals surface area contributed by atoms with Crippen LogP contribution in [0.25, 0.3) is 0 Å². The molecule has 0 bridgehead atoms. The van der Waals surface area contributed by atoms with E-state index in [0.717, 1.165) is 11.1 Å². The highest BCUT2D eigenvalue weighted by Crippen LogP contribution is 2.34. The van der Waals surface area contributed by atoms with Crippen molar-refractivity contribution in [3.05, 3.63) is 35.4 Å². The molecule has 18 heavy (non-hydrogen) atoms. The summed E-state index contributed by atoms with van der Waals surface area (Å²) in [6.45, 7) is -0.465. The zero-order chi connectivity index (χ0) is 13.1. The van der Waals surface area contributed by atoms with Crippen LogP contribution < -0.4 is 5.32 Å². The van der Waals surface area contributed by atoms with Crippen LogP contribution >= 0.6 is 0 Å². The first-order chi connectivity index (χ1) is 8.67. The van der Waals surface area contributed by atoms with E-state index in [4.69, 9.17) is 5.11 Å². The molecular weight excluding hydrogens is 234 g/mol. The Kier molecular flexibility index (Phi) is 3.62. The second-order valence-electron chi connectivity index (χ2n) is 4.22.